The minimum atomic E-state index is 0.817. The van der Waals surface area contributed by atoms with Gasteiger partial charge in [0.1, 0.15) is 5.82 Å². The standard InChI is InChI=1S/C9H17N3O/c1-3-4-7-12-9(5-6-10-12)11(2)8-13/h5,8,10H,3-4,6-7H2,1-2H3. The summed E-state index contributed by atoms with van der Waals surface area (Å²) in [7, 11) is 1.77. The number of unbranched alkanes of at least 4 members (excludes halogenated alkanes) is 1. The van der Waals surface area contributed by atoms with Crippen molar-refractivity contribution in [2.24, 2.45) is 0 Å². The highest BCUT2D eigenvalue weighted by Crippen LogP contribution is 2.10. The van der Waals surface area contributed by atoms with Gasteiger partial charge in [-0.3, -0.25) is 9.80 Å². The Hall–Kier alpha value is -1.03. The Kier molecular flexibility index (Phi) is 3.76. The number of carbonyl (C=O) groups excluding carboxylic acids is 1. The maximum atomic E-state index is 10.5. The van der Waals surface area contributed by atoms with Gasteiger partial charge in [0, 0.05) is 20.1 Å². The highest BCUT2D eigenvalue weighted by molar-refractivity contribution is 5.50. The van der Waals surface area contributed by atoms with E-state index in [1.807, 2.05) is 11.1 Å². The zero-order chi connectivity index (χ0) is 9.68. The summed E-state index contributed by atoms with van der Waals surface area (Å²) in [6.07, 6.45) is 5.15. The molecule has 1 aliphatic rings. The Bertz CT molecular complexity index is 203. The third kappa shape index (κ3) is 2.45. The van der Waals surface area contributed by atoms with Gasteiger partial charge in [0.15, 0.2) is 0 Å². The first-order valence-electron chi connectivity index (χ1n) is 4.69. The summed E-state index contributed by atoms with van der Waals surface area (Å²) in [4.78, 5) is 12.1. The molecule has 0 radical (unpaired) electrons. The molecule has 0 aromatic carbocycles. The van der Waals surface area contributed by atoms with Gasteiger partial charge in [-0.1, -0.05) is 13.3 Å². The van der Waals surface area contributed by atoms with Gasteiger partial charge in [0.2, 0.25) is 6.41 Å². The quantitative estimate of drug-likeness (QED) is 0.632. The second-order valence-corrected chi connectivity index (χ2v) is 3.15. The van der Waals surface area contributed by atoms with Crippen LogP contribution in [0.2, 0.25) is 0 Å². The predicted molar refractivity (Wildman–Crippen MR) is 51.5 cm³/mol. The zero-order valence-corrected chi connectivity index (χ0v) is 8.29. The molecule has 0 bridgehead atoms. The van der Waals surface area contributed by atoms with Crippen LogP contribution >= 0.6 is 0 Å². The molecular formula is C9H17N3O. The Morgan fingerprint density at radius 3 is 3.15 bits per heavy atom. The molecule has 1 rings (SSSR count). The molecule has 1 heterocycles. The van der Waals surface area contributed by atoms with E-state index >= 15 is 0 Å². The topological polar surface area (TPSA) is 35.6 Å². The number of rotatable bonds is 5. The molecule has 0 fully saturated rings. The van der Waals surface area contributed by atoms with Gasteiger partial charge in [-0.15, -0.1) is 0 Å². The number of hydrazine groups is 1. The summed E-state index contributed by atoms with van der Waals surface area (Å²) in [6.45, 7) is 3.93. The van der Waals surface area contributed by atoms with E-state index in [0.717, 1.165) is 38.2 Å². The summed E-state index contributed by atoms with van der Waals surface area (Å²) in [5, 5.41) is 2.03. The van der Waals surface area contributed by atoms with Crippen LogP contribution in [0.25, 0.3) is 0 Å². The molecule has 4 nitrogen and oxygen atoms in total. The Labute approximate surface area is 79.2 Å². The molecule has 0 aromatic rings. The summed E-state index contributed by atoms with van der Waals surface area (Å²) >= 11 is 0. The van der Waals surface area contributed by atoms with Crippen molar-refractivity contribution in [1.82, 2.24) is 15.3 Å². The van der Waals surface area contributed by atoms with Crippen molar-refractivity contribution in [2.75, 3.05) is 20.1 Å². The maximum absolute atomic E-state index is 10.5. The summed E-state index contributed by atoms with van der Waals surface area (Å²) in [5.74, 6) is 0.962. The van der Waals surface area contributed by atoms with E-state index in [1.54, 1.807) is 11.9 Å². The van der Waals surface area contributed by atoms with Crippen LogP contribution in [0.1, 0.15) is 19.8 Å². The highest BCUT2D eigenvalue weighted by Gasteiger charge is 2.16. The van der Waals surface area contributed by atoms with E-state index < -0.39 is 0 Å². The van der Waals surface area contributed by atoms with Gasteiger partial charge >= 0.3 is 0 Å². The van der Waals surface area contributed by atoms with Crippen molar-refractivity contribution in [3.05, 3.63) is 11.9 Å². The normalized spacial score (nSPS) is 15.8. The molecule has 4 heteroatoms. The molecule has 0 atom stereocenters. The molecule has 0 unspecified atom stereocenters. The lowest BCUT2D eigenvalue weighted by Crippen LogP contribution is -2.37. The van der Waals surface area contributed by atoms with Crippen LogP contribution in [0.15, 0.2) is 11.9 Å². The summed E-state index contributed by atoms with van der Waals surface area (Å²) < 4.78 is 0. The van der Waals surface area contributed by atoms with E-state index in [1.165, 1.54) is 0 Å². The van der Waals surface area contributed by atoms with E-state index in [-0.39, 0.29) is 0 Å². The van der Waals surface area contributed by atoms with Crippen LogP contribution in [-0.2, 0) is 4.79 Å². The Morgan fingerprint density at radius 2 is 2.54 bits per heavy atom. The van der Waals surface area contributed by atoms with Gasteiger partial charge in [-0.05, 0) is 12.5 Å². The monoisotopic (exact) mass is 183 g/mol. The Morgan fingerprint density at radius 1 is 1.77 bits per heavy atom. The fourth-order valence-electron chi connectivity index (χ4n) is 1.34. The lowest BCUT2D eigenvalue weighted by atomic mass is 10.3. The Balaban J connectivity index is 2.47. The predicted octanol–water partition coefficient (Wildman–Crippen LogP) is 0.536. The van der Waals surface area contributed by atoms with Crippen molar-refractivity contribution in [3.8, 4) is 0 Å². The molecule has 1 amide bonds. The molecule has 1 N–H and O–H groups in total. The zero-order valence-electron chi connectivity index (χ0n) is 8.29. The van der Waals surface area contributed by atoms with Crippen LogP contribution in [0.4, 0.5) is 0 Å². The molecule has 13 heavy (non-hydrogen) atoms. The largest absolute Gasteiger partial charge is 0.303 e. The maximum Gasteiger partial charge on any atom is 0.215 e. The van der Waals surface area contributed by atoms with Crippen LogP contribution in [-0.4, -0.2) is 36.5 Å². The molecule has 0 aliphatic carbocycles. The fourth-order valence-corrected chi connectivity index (χ4v) is 1.34. The van der Waals surface area contributed by atoms with Crippen LogP contribution in [0.3, 0.4) is 0 Å². The first-order valence-corrected chi connectivity index (χ1v) is 4.69. The molecular weight excluding hydrogens is 166 g/mol. The number of hydrogen-bond acceptors (Lipinski definition) is 3. The average molecular weight is 183 g/mol. The van der Waals surface area contributed by atoms with E-state index in [4.69, 9.17) is 0 Å². The minimum absolute atomic E-state index is 0.817. The first-order chi connectivity index (χ1) is 6.29. The summed E-state index contributed by atoms with van der Waals surface area (Å²) in [6, 6.07) is 0. The molecule has 0 spiro atoms. The lowest BCUT2D eigenvalue weighted by molar-refractivity contribution is -0.116. The second-order valence-electron chi connectivity index (χ2n) is 3.15. The van der Waals surface area contributed by atoms with Crippen LogP contribution in [0.5, 0.6) is 0 Å². The third-order valence-electron chi connectivity index (χ3n) is 2.10. The van der Waals surface area contributed by atoms with E-state index in [2.05, 4.69) is 12.3 Å². The lowest BCUT2D eigenvalue weighted by Gasteiger charge is -2.25. The minimum Gasteiger partial charge on any atom is -0.303 e. The van der Waals surface area contributed by atoms with Crippen molar-refractivity contribution in [1.29, 1.82) is 0 Å². The van der Waals surface area contributed by atoms with Gasteiger partial charge in [-0.2, -0.15) is 0 Å². The SMILES string of the molecule is CCCCN1NCC=C1N(C)C=O. The summed E-state index contributed by atoms with van der Waals surface area (Å²) in [5.41, 5.74) is 3.20. The third-order valence-corrected chi connectivity index (χ3v) is 2.10. The second kappa shape index (κ2) is 4.87. The molecule has 74 valence electrons. The number of carbonyl (C=O) groups is 1. The van der Waals surface area contributed by atoms with E-state index in [9.17, 15) is 4.79 Å². The number of nitrogens with one attached hydrogen (secondary N) is 1. The number of nitrogens with zero attached hydrogens (tertiary/aromatic N) is 2. The molecule has 0 saturated heterocycles. The smallest absolute Gasteiger partial charge is 0.215 e. The molecule has 0 aromatic heterocycles. The molecule has 1 aliphatic heterocycles. The fraction of sp³-hybridized carbons (Fsp3) is 0.667. The van der Waals surface area contributed by atoms with Crippen LogP contribution < -0.4 is 5.43 Å². The van der Waals surface area contributed by atoms with Crippen molar-refractivity contribution < 1.29 is 4.79 Å². The highest BCUT2D eigenvalue weighted by atomic mass is 16.1. The van der Waals surface area contributed by atoms with Crippen molar-refractivity contribution in [3.63, 3.8) is 0 Å². The van der Waals surface area contributed by atoms with Crippen molar-refractivity contribution >= 4 is 6.41 Å². The van der Waals surface area contributed by atoms with Crippen LogP contribution in [0, 0.1) is 0 Å². The van der Waals surface area contributed by atoms with Gasteiger partial charge in [-0.25, -0.2) is 5.43 Å². The molecule has 0 saturated carbocycles. The first kappa shape index (κ1) is 10.1. The van der Waals surface area contributed by atoms with Gasteiger partial charge in [0.05, 0.1) is 0 Å². The van der Waals surface area contributed by atoms with Crippen molar-refractivity contribution in [2.45, 2.75) is 19.8 Å². The van der Waals surface area contributed by atoms with Gasteiger partial charge in [0.25, 0.3) is 0 Å². The number of hydrogen-bond donors (Lipinski definition) is 1. The number of amides is 1. The van der Waals surface area contributed by atoms with E-state index in [0.29, 0.717) is 0 Å². The van der Waals surface area contributed by atoms with Gasteiger partial charge < -0.3 is 4.90 Å². The average Bonchev–Trinajstić information content (AvgIpc) is 2.61.